The standard InChI is InChI=1S/C20H21Cl2N3O2/c21-14-4-6-16(7-5-14)23-20(24-17-8-10-18(26)11-9-17)25-19(27)13-2-1-3-15(22)12-13/h1-7,12,17-18,26H,8-11H2,(H2,23,24,25,27). The summed E-state index contributed by atoms with van der Waals surface area (Å²) in [6.45, 7) is 0. The summed E-state index contributed by atoms with van der Waals surface area (Å²) in [5.74, 6) is 0.0669. The predicted molar refractivity (Wildman–Crippen MR) is 110 cm³/mol. The normalized spacial score (nSPS) is 20.2. The van der Waals surface area contributed by atoms with Crippen LogP contribution in [0.3, 0.4) is 0 Å². The van der Waals surface area contributed by atoms with Crippen LogP contribution in [0.2, 0.25) is 10.0 Å². The highest BCUT2D eigenvalue weighted by molar-refractivity contribution is 6.31. The lowest BCUT2D eigenvalue weighted by molar-refractivity contribution is 0.0976. The van der Waals surface area contributed by atoms with Gasteiger partial charge in [0.25, 0.3) is 5.91 Å². The molecule has 2 aromatic rings. The number of carbonyl (C=O) groups is 1. The summed E-state index contributed by atoms with van der Waals surface area (Å²) in [5, 5.41) is 16.8. The average molecular weight is 406 g/mol. The third kappa shape index (κ3) is 5.96. The van der Waals surface area contributed by atoms with Crippen molar-refractivity contribution in [1.29, 1.82) is 0 Å². The van der Waals surface area contributed by atoms with E-state index in [1.54, 1.807) is 36.4 Å². The zero-order valence-electron chi connectivity index (χ0n) is 14.7. The van der Waals surface area contributed by atoms with Crippen LogP contribution in [0.15, 0.2) is 53.5 Å². The molecule has 0 spiro atoms. The number of aliphatic imine (C=N–C) groups is 1. The first-order chi connectivity index (χ1) is 13.0. The fraction of sp³-hybridized carbons (Fsp3) is 0.300. The molecule has 3 rings (SSSR count). The highest BCUT2D eigenvalue weighted by atomic mass is 35.5. The summed E-state index contributed by atoms with van der Waals surface area (Å²) in [6.07, 6.45) is 2.72. The lowest BCUT2D eigenvalue weighted by Crippen LogP contribution is -2.37. The number of hydrogen-bond donors (Lipinski definition) is 3. The molecule has 0 unspecified atom stereocenters. The van der Waals surface area contributed by atoms with Gasteiger partial charge >= 0.3 is 0 Å². The average Bonchev–Trinajstić information content (AvgIpc) is 2.65. The Kier molecular flexibility index (Phi) is 6.72. The van der Waals surface area contributed by atoms with E-state index in [0.717, 1.165) is 18.5 Å². The van der Waals surface area contributed by atoms with Gasteiger partial charge in [0.2, 0.25) is 5.96 Å². The number of anilines is 1. The smallest absolute Gasteiger partial charge is 0.258 e. The number of nitrogens with one attached hydrogen (secondary N) is 2. The van der Waals surface area contributed by atoms with Gasteiger partial charge in [-0.2, -0.15) is 0 Å². The number of halogens is 2. The quantitative estimate of drug-likeness (QED) is 0.519. The molecule has 5 nitrogen and oxygen atoms in total. The number of aliphatic hydroxyl groups excluding tert-OH is 1. The van der Waals surface area contributed by atoms with E-state index in [0.29, 0.717) is 34.4 Å². The molecule has 3 N–H and O–H groups in total. The Balaban J connectivity index is 1.78. The fourth-order valence-electron chi connectivity index (χ4n) is 2.95. The van der Waals surface area contributed by atoms with Crippen molar-refractivity contribution in [2.45, 2.75) is 37.8 Å². The van der Waals surface area contributed by atoms with Crippen molar-refractivity contribution in [2.24, 2.45) is 4.99 Å². The molecular weight excluding hydrogens is 385 g/mol. The van der Waals surface area contributed by atoms with E-state index in [2.05, 4.69) is 15.6 Å². The third-order valence-electron chi connectivity index (χ3n) is 4.40. The monoisotopic (exact) mass is 405 g/mol. The Morgan fingerprint density at radius 1 is 1.00 bits per heavy atom. The number of benzene rings is 2. The van der Waals surface area contributed by atoms with Gasteiger partial charge in [-0.15, -0.1) is 0 Å². The van der Waals surface area contributed by atoms with Crippen LogP contribution in [0.1, 0.15) is 36.0 Å². The van der Waals surface area contributed by atoms with Crippen LogP contribution in [-0.4, -0.2) is 29.1 Å². The molecule has 1 fully saturated rings. The number of rotatable bonds is 3. The molecule has 0 bridgehead atoms. The van der Waals surface area contributed by atoms with Gasteiger partial charge in [-0.3, -0.25) is 10.1 Å². The van der Waals surface area contributed by atoms with E-state index >= 15 is 0 Å². The highest BCUT2D eigenvalue weighted by Gasteiger charge is 2.20. The first kappa shape index (κ1) is 19.7. The van der Waals surface area contributed by atoms with Crippen LogP contribution in [0.5, 0.6) is 0 Å². The van der Waals surface area contributed by atoms with Crippen LogP contribution < -0.4 is 10.6 Å². The molecule has 0 aliphatic heterocycles. The predicted octanol–water partition coefficient (Wildman–Crippen LogP) is 4.49. The van der Waals surface area contributed by atoms with Crippen LogP contribution >= 0.6 is 23.2 Å². The minimum absolute atomic E-state index is 0.0443. The molecule has 27 heavy (non-hydrogen) atoms. The van der Waals surface area contributed by atoms with Gasteiger partial charge in [0.1, 0.15) is 0 Å². The molecule has 2 aromatic carbocycles. The van der Waals surface area contributed by atoms with Crippen molar-refractivity contribution in [2.75, 3.05) is 5.32 Å². The molecule has 7 heteroatoms. The van der Waals surface area contributed by atoms with Crippen molar-refractivity contribution in [3.8, 4) is 0 Å². The second-order valence-electron chi connectivity index (χ2n) is 6.54. The van der Waals surface area contributed by atoms with Gasteiger partial charge in [-0.05, 0) is 68.1 Å². The lowest BCUT2D eigenvalue weighted by Gasteiger charge is -2.23. The molecule has 142 valence electrons. The van der Waals surface area contributed by atoms with Crippen LogP contribution in [0.4, 0.5) is 5.69 Å². The van der Waals surface area contributed by atoms with Gasteiger partial charge in [-0.1, -0.05) is 29.3 Å². The molecule has 0 aromatic heterocycles. The summed E-state index contributed by atoms with van der Waals surface area (Å²) >= 11 is 11.9. The minimum Gasteiger partial charge on any atom is -0.393 e. The molecule has 1 aliphatic carbocycles. The van der Waals surface area contributed by atoms with Crippen molar-refractivity contribution in [3.05, 3.63) is 64.1 Å². The first-order valence-corrected chi connectivity index (χ1v) is 9.60. The number of carbonyl (C=O) groups excluding carboxylic acids is 1. The molecule has 0 heterocycles. The van der Waals surface area contributed by atoms with Crippen molar-refractivity contribution in [1.82, 2.24) is 5.32 Å². The molecule has 0 radical (unpaired) electrons. The Hall–Kier alpha value is -2.08. The Labute approximate surface area is 168 Å². The minimum atomic E-state index is -0.298. The summed E-state index contributed by atoms with van der Waals surface area (Å²) in [7, 11) is 0. The molecule has 1 saturated carbocycles. The summed E-state index contributed by atoms with van der Waals surface area (Å²) < 4.78 is 0. The lowest BCUT2D eigenvalue weighted by atomic mass is 9.94. The molecule has 0 atom stereocenters. The van der Waals surface area contributed by atoms with Crippen LogP contribution in [0, 0.1) is 0 Å². The maximum atomic E-state index is 12.6. The SMILES string of the molecule is O=C(NC(=NC1CCC(O)CC1)Nc1ccc(Cl)cc1)c1cccc(Cl)c1. The second-order valence-corrected chi connectivity index (χ2v) is 7.41. The van der Waals surface area contributed by atoms with Gasteiger partial charge in [-0.25, -0.2) is 4.99 Å². The molecular formula is C20H21Cl2N3O2. The maximum absolute atomic E-state index is 12.6. The van der Waals surface area contributed by atoms with Gasteiger partial charge in [0.05, 0.1) is 12.1 Å². The topological polar surface area (TPSA) is 73.7 Å². The summed E-state index contributed by atoms with van der Waals surface area (Å²) in [5.41, 5.74) is 1.22. The van der Waals surface area contributed by atoms with E-state index < -0.39 is 0 Å². The number of guanidine groups is 1. The Morgan fingerprint density at radius 2 is 1.70 bits per heavy atom. The first-order valence-electron chi connectivity index (χ1n) is 8.85. The van der Waals surface area contributed by atoms with E-state index in [9.17, 15) is 9.90 Å². The molecule has 1 aliphatic rings. The van der Waals surface area contributed by atoms with Crippen molar-refractivity contribution in [3.63, 3.8) is 0 Å². The second kappa shape index (κ2) is 9.22. The van der Waals surface area contributed by atoms with Crippen molar-refractivity contribution >= 4 is 40.8 Å². The van der Waals surface area contributed by atoms with Crippen LogP contribution in [0.25, 0.3) is 0 Å². The summed E-state index contributed by atoms with van der Waals surface area (Å²) in [4.78, 5) is 17.3. The zero-order chi connectivity index (χ0) is 19.2. The van der Waals surface area contributed by atoms with E-state index in [4.69, 9.17) is 23.2 Å². The number of aliphatic hydroxyl groups is 1. The van der Waals surface area contributed by atoms with E-state index in [1.165, 1.54) is 0 Å². The van der Waals surface area contributed by atoms with Gasteiger partial charge < -0.3 is 10.4 Å². The van der Waals surface area contributed by atoms with Gasteiger partial charge in [0, 0.05) is 21.3 Å². The molecule has 1 amide bonds. The fourth-order valence-corrected chi connectivity index (χ4v) is 3.26. The number of amides is 1. The molecule has 0 saturated heterocycles. The largest absolute Gasteiger partial charge is 0.393 e. The number of hydrogen-bond acceptors (Lipinski definition) is 3. The van der Waals surface area contributed by atoms with Gasteiger partial charge in [0.15, 0.2) is 0 Å². The maximum Gasteiger partial charge on any atom is 0.258 e. The Bertz CT molecular complexity index is 816. The van der Waals surface area contributed by atoms with Crippen molar-refractivity contribution < 1.29 is 9.90 Å². The van der Waals surface area contributed by atoms with E-state index in [-0.39, 0.29) is 18.1 Å². The summed E-state index contributed by atoms with van der Waals surface area (Å²) in [6, 6.07) is 13.9. The third-order valence-corrected chi connectivity index (χ3v) is 4.89. The number of nitrogens with zero attached hydrogens (tertiary/aromatic N) is 1. The zero-order valence-corrected chi connectivity index (χ0v) is 16.2. The Morgan fingerprint density at radius 3 is 2.37 bits per heavy atom. The highest BCUT2D eigenvalue weighted by Crippen LogP contribution is 2.21. The van der Waals surface area contributed by atoms with E-state index in [1.807, 2.05) is 12.1 Å². The van der Waals surface area contributed by atoms with Crippen LogP contribution in [-0.2, 0) is 0 Å².